The van der Waals surface area contributed by atoms with Crippen LogP contribution in [0.2, 0.25) is 0 Å². The Kier molecular flexibility index (Phi) is 4.69. The summed E-state index contributed by atoms with van der Waals surface area (Å²) in [4.78, 5) is 15.4. The summed E-state index contributed by atoms with van der Waals surface area (Å²) >= 11 is 0. The Bertz CT molecular complexity index is 715. The van der Waals surface area contributed by atoms with E-state index in [9.17, 15) is 4.79 Å². The van der Waals surface area contributed by atoms with Gasteiger partial charge in [-0.05, 0) is 18.1 Å². The van der Waals surface area contributed by atoms with Crippen molar-refractivity contribution in [2.45, 2.75) is 31.3 Å². The first-order valence-corrected chi connectivity index (χ1v) is 9.22. The van der Waals surface area contributed by atoms with Crippen LogP contribution in [0.15, 0.2) is 60.7 Å². The van der Waals surface area contributed by atoms with Crippen molar-refractivity contribution in [1.82, 2.24) is 4.90 Å². The summed E-state index contributed by atoms with van der Waals surface area (Å²) in [7, 11) is 0. The fraction of sp³-hybridized carbons (Fsp3) is 0.409. The zero-order valence-corrected chi connectivity index (χ0v) is 14.7. The standard InChI is InChI=1S/C22H25NO2/c1-16(17-8-4-2-5-9-17)23-14-19(18-10-6-3-7-11-18)22-20(23)15-25-13-12-21(22)24/h2-11,16,19-20,22H,12-15H2,1H3/t16-,19+,20-,22+/m1/s1. The summed E-state index contributed by atoms with van der Waals surface area (Å²) < 4.78 is 5.82. The van der Waals surface area contributed by atoms with Gasteiger partial charge in [0.2, 0.25) is 0 Å². The van der Waals surface area contributed by atoms with Gasteiger partial charge < -0.3 is 4.74 Å². The van der Waals surface area contributed by atoms with Crippen LogP contribution in [-0.4, -0.2) is 36.5 Å². The minimum atomic E-state index is 0.0380. The molecule has 4 rings (SSSR count). The van der Waals surface area contributed by atoms with E-state index in [-0.39, 0.29) is 23.9 Å². The second-order valence-electron chi connectivity index (χ2n) is 7.18. The van der Waals surface area contributed by atoms with Crippen molar-refractivity contribution in [1.29, 1.82) is 0 Å². The second kappa shape index (κ2) is 7.11. The average Bonchev–Trinajstić information content (AvgIpc) is 2.95. The van der Waals surface area contributed by atoms with Crippen LogP contribution in [-0.2, 0) is 9.53 Å². The second-order valence-corrected chi connectivity index (χ2v) is 7.18. The Morgan fingerprint density at radius 2 is 1.72 bits per heavy atom. The van der Waals surface area contributed by atoms with Crippen molar-refractivity contribution in [2.24, 2.45) is 5.92 Å². The van der Waals surface area contributed by atoms with Gasteiger partial charge in [-0.1, -0.05) is 60.7 Å². The highest BCUT2D eigenvalue weighted by molar-refractivity contribution is 5.83. The molecule has 2 aromatic carbocycles. The zero-order valence-electron chi connectivity index (χ0n) is 14.7. The number of rotatable bonds is 3. The molecule has 2 aromatic rings. The summed E-state index contributed by atoms with van der Waals surface area (Å²) in [6.45, 7) is 4.36. The van der Waals surface area contributed by atoms with E-state index >= 15 is 0 Å². The van der Waals surface area contributed by atoms with Crippen molar-refractivity contribution in [3.8, 4) is 0 Å². The molecule has 0 saturated carbocycles. The lowest BCUT2D eigenvalue weighted by Crippen LogP contribution is -2.39. The highest BCUT2D eigenvalue weighted by Crippen LogP contribution is 2.43. The molecule has 2 heterocycles. The molecule has 3 heteroatoms. The van der Waals surface area contributed by atoms with Gasteiger partial charge >= 0.3 is 0 Å². The minimum absolute atomic E-state index is 0.0380. The molecule has 25 heavy (non-hydrogen) atoms. The molecule has 0 aliphatic carbocycles. The van der Waals surface area contributed by atoms with Gasteiger partial charge in [0, 0.05) is 36.9 Å². The van der Waals surface area contributed by atoms with Crippen LogP contribution in [0.5, 0.6) is 0 Å². The molecule has 0 aromatic heterocycles. The topological polar surface area (TPSA) is 29.5 Å². The van der Waals surface area contributed by atoms with Gasteiger partial charge in [-0.25, -0.2) is 0 Å². The Labute approximate surface area is 149 Å². The number of Topliss-reactive ketones (excluding diaryl/α,β-unsaturated/α-hetero) is 1. The number of fused-ring (bicyclic) bond motifs is 1. The van der Waals surface area contributed by atoms with Gasteiger partial charge in [-0.2, -0.15) is 0 Å². The highest BCUT2D eigenvalue weighted by Gasteiger charge is 2.48. The Morgan fingerprint density at radius 3 is 2.44 bits per heavy atom. The lowest BCUT2D eigenvalue weighted by atomic mass is 9.82. The highest BCUT2D eigenvalue weighted by atomic mass is 16.5. The van der Waals surface area contributed by atoms with Crippen molar-refractivity contribution in [3.63, 3.8) is 0 Å². The number of hydrogen-bond acceptors (Lipinski definition) is 3. The lowest BCUT2D eigenvalue weighted by Gasteiger charge is -2.31. The zero-order chi connectivity index (χ0) is 17.2. The Balaban J connectivity index is 1.69. The van der Waals surface area contributed by atoms with Crippen LogP contribution >= 0.6 is 0 Å². The fourth-order valence-corrected chi connectivity index (χ4v) is 4.51. The van der Waals surface area contributed by atoms with Crippen LogP contribution in [0.3, 0.4) is 0 Å². The molecule has 3 nitrogen and oxygen atoms in total. The van der Waals surface area contributed by atoms with E-state index < -0.39 is 0 Å². The number of likely N-dealkylation sites (tertiary alicyclic amines) is 1. The molecule has 2 fully saturated rings. The summed E-state index contributed by atoms with van der Waals surface area (Å²) in [5.74, 6) is 0.654. The maximum atomic E-state index is 12.9. The third-order valence-corrected chi connectivity index (χ3v) is 5.84. The van der Waals surface area contributed by atoms with E-state index in [1.807, 2.05) is 12.1 Å². The van der Waals surface area contributed by atoms with Crippen molar-refractivity contribution in [3.05, 3.63) is 71.8 Å². The summed E-state index contributed by atoms with van der Waals surface area (Å²) in [5.41, 5.74) is 2.57. The normalized spacial score (nSPS) is 28.4. The van der Waals surface area contributed by atoms with Gasteiger partial charge in [0.1, 0.15) is 5.78 Å². The molecular weight excluding hydrogens is 310 g/mol. The number of ketones is 1. The van der Waals surface area contributed by atoms with Crippen molar-refractivity contribution in [2.75, 3.05) is 19.8 Å². The van der Waals surface area contributed by atoms with Crippen LogP contribution in [0.25, 0.3) is 0 Å². The molecule has 0 N–H and O–H groups in total. The van der Waals surface area contributed by atoms with Crippen LogP contribution in [0.1, 0.15) is 36.4 Å². The number of hydrogen-bond donors (Lipinski definition) is 0. The summed E-state index contributed by atoms with van der Waals surface area (Å²) in [6, 6.07) is 21.5. The average molecular weight is 335 g/mol. The smallest absolute Gasteiger partial charge is 0.140 e. The van der Waals surface area contributed by atoms with Crippen LogP contribution in [0, 0.1) is 5.92 Å². The predicted molar refractivity (Wildman–Crippen MR) is 98.5 cm³/mol. The lowest BCUT2D eigenvalue weighted by molar-refractivity contribution is -0.123. The van der Waals surface area contributed by atoms with E-state index in [1.165, 1.54) is 11.1 Å². The number of benzene rings is 2. The first-order valence-electron chi connectivity index (χ1n) is 9.22. The largest absolute Gasteiger partial charge is 0.379 e. The first-order chi connectivity index (χ1) is 12.3. The molecule has 0 bridgehead atoms. The van der Waals surface area contributed by atoms with Crippen molar-refractivity contribution < 1.29 is 9.53 Å². The van der Waals surface area contributed by atoms with Crippen LogP contribution < -0.4 is 0 Å². The van der Waals surface area contributed by atoms with Gasteiger partial charge in [0.15, 0.2) is 0 Å². The number of carbonyl (C=O) groups excluding carboxylic acids is 1. The molecule has 0 spiro atoms. The number of nitrogens with zero attached hydrogens (tertiary/aromatic N) is 1. The number of carbonyl (C=O) groups is 1. The maximum Gasteiger partial charge on any atom is 0.140 e. The van der Waals surface area contributed by atoms with Gasteiger partial charge in [-0.3, -0.25) is 9.69 Å². The summed E-state index contributed by atoms with van der Waals surface area (Å²) in [6.07, 6.45) is 0.540. The first kappa shape index (κ1) is 16.5. The van der Waals surface area contributed by atoms with E-state index in [0.29, 0.717) is 25.4 Å². The fourth-order valence-electron chi connectivity index (χ4n) is 4.51. The summed E-state index contributed by atoms with van der Waals surface area (Å²) in [5, 5.41) is 0. The molecular formula is C22H25NO2. The van der Waals surface area contributed by atoms with Gasteiger partial charge in [0.05, 0.1) is 13.2 Å². The molecule has 0 amide bonds. The third-order valence-electron chi connectivity index (χ3n) is 5.84. The Hall–Kier alpha value is -1.97. The van der Waals surface area contributed by atoms with E-state index in [1.54, 1.807) is 0 Å². The molecule has 2 aliphatic rings. The van der Waals surface area contributed by atoms with E-state index in [4.69, 9.17) is 4.74 Å². The van der Waals surface area contributed by atoms with Gasteiger partial charge in [0.25, 0.3) is 0 Å². The van der Waals surface area contributed by atoms with Gasteiger partial charge in [-0.15, -0.1) is 0 Å². The number of ether oxygens (including phenoxy) is 1. The maximum absolute atomic E-state index is 12.9. The van der Waals surface area contributed by atoms with E-state index in [2.05, 4.69) is 60.4 Å². The predicted octanol–water partition coefficient (Wildman–Crippen LogP) is 3.82. The van der Waals surface area contributed by atoms with E-state index in [0.717, 1.165) is 6.54 Å². The molecule has 0 unspecified atom stereocenters. The molecule has 2 saturated heterocycles. The monoisotopic (exact) mass is 335 g/mol. The Morgan fingerprint density at radius 1 is 1.04 bits per heavy atom. The minimum Gasteiger partial charge on any atom is -0.379 e. The SMILES string of the molecule is C[C@H](c1ccccc1)N1C[C@@H](c2ccccc2)[C@@H]2C(=O)CCOC[C@H]21. The molecule has 2 aliphatic heterocycles. The third kappa shape index (κ3) is 3.14. The molecule has 130 valence electrons. The quantitative estimate of drug-likeness (QED) is 0.854. The molecule has 0 radical (unpaired) electrons. The van der Waals surface area contributed by atoms with Crippen LogP contribution in [0.4, 0.5) is 0 Å². The van der Waals surface area contributed by atoms with Crippen molar-refractivity contribution >= 4 is 5.78 Å². The molecule has 4 atom stereocenters.